The number of ketones is 2. The zero-order chi connectivity index (χ0) is 31.3. The molecule has 0 spiro atoms. The molecule has 3 aliphatic carbocycles. The molecular weight excluding hydrogens is 562 g/mol. The lowest BCUT2D eigenvalue weighted by Crippen LogP contribution is -2.43. The largest absolute Gasteiger partial charge is 0.511 e. The SMILES string of the molecule is COc1ccc(C#Cc2cc(-c3ccc(OC)cc3)c(O)c3c2CC2CC4CC(O)=C(C(N)=O)C(=O)C4C(O)=C2C3=O)cc1. The Morgan fingerprint density at radius 1 is 0.909 bits per heavy atom. The van der Waals surface area contributed by atoms with Gasteiger partial charge in [0.25, 0.3) is 5.91 Å². The number of amides is 1. The van der Waals surface area contributed by atoms with Crippen LogP contribution < -0.4 is 15.2 Å². The minimum absolute atomic E-state index is 0.00497. The molecular formula is C35H29NO8. The highest BCUT2D eigenvalue weighted by Crippen LogP contribution is 2.51. The molecule has 5 N–H and O–H groups in total. The number of Topliss-reactive ketones (excluding diaryl/α,β-unsaturated/α-hetero) is 2. The Morgan fingerprint density at radius 2 is 1.55 bits per heavy atom. The minimum atomic E-state index is -1.19. The maximum Gasteiger partial charge on any atom is 0.255 e. The predicted molar refractivity (Wildman–Crippen MR) is 160 cm³/mol. The van der Waals surface area contributed by atoms with Gasteiger partial charge in [0, 0.05) is 28.7 Å². The minimum Gasteiger partial charge on any atom is -0.511 e. The molecule has 222 valence electrons. The first kappa shape index (κ1) is 28.6. The van der Waals surface area contributed by atoms with E-state index in [4.69, 9.17) is 15.2 Å². The third kappa shape index (κ3) is 4.65. The average Bonchev–Trinajstić information content (AvgIpc) is 3.00. The summed E-state index contributed by atoms with van der Waals surface area (Å²) in [6, 6.07) is 15.9. The van der Waals surface area contributed by atoms with Crippen LogP contribution in [-0.4, -0.2) is 47.0 Å². The molecule has 3 unspecified atom stereocenters. The number of aromatic hydroxyl groups is 1. The molecule has 1 amide bonds. The van der Waals surface area contributed by atoms with E-state index in [2.05, 4.69) is 11.8 Å². The third-order valence-electron chi connectivity index (χ3n) is 8.72. The normalized spacial score (nSPS) is 20.6. The fourth-order valence-electron chi connectivity index (χ4n) is 6.62. The summed E-state index contributed by atoms with van der Waals surface area (Å²) in [6.45, 7) is 0. The molecule has 0 saturated heterocycles. The number of hydrogen-bond donors (Lipinski definition) is 4. The van der Waals surface area contributed by atoms with Crippen molar-refractivity contribution < 1.29 is 39.2 Å². The van der Waals surface area contributed by atoms with E-state index in [0.29, 0.717) is 45.7 Å². The molecule has 0 aromatic heterocycles. The number of phenols is 1. The summed E-state index contributed by atoms with van der Waals surface area (Å²) in [5.74, 6) is 1.78. The molecule has 3 aromatic carbocycles. The number of phenolic OH excluding ortho intramolecular Hbond substituents is 1. The first-order chi connectivity index (χ1) is 21.1. The Labute approximate surface area is 253 Å². The molecule has 0 saturated carbocycles. The summed E-state index contributed by atoms with van der Waals surface area (Å²) < 4.78 is 10.5. The molecule has 0 fully saturated rings. The second-order valence-corrected chi connectivity index (χ2v) is 11.1. The number of nitrogens with two attached hydrogens (primary N) is 1. The van der Waals surface area contributed by atoms with E-state index in [1.165, 1.54) is 0 Å². The van der Waals surface area contributed by atoms with E-state index in [-0.39, 0.29) is 29.7 Å². The van der Waals surface area contributed by atoms with Crippen molar-refractivity contribution in [2.75, 3.05) is 14.2 Å². The zero-order valence-electron chi connectivity index (χ0n) is 24.0. The van der Waals surface area contributed by atoms with Crippen LogP contribution in [0.25, 0.3) is 11.1 Å². The van der Waals surface area contributed by atoms with Crippen LogP contribution in [0.3, 0.4) is 0 Å². The van der Waals surface area contributed by atoms with Gasteiger partial charge < -0.3 is 30.5 Å². The van der Waals surface area contributed by atoms with Crippen LogP contribution in [0.4, 0.5) is 0 Å². The van der Waals surface area contributed by atoms with Gasteiger partial charge in [-0.25, -0.2) is 0 Å². The number of carbonyl (C=O) groups is 3. The quantitative estimate of drug-likeness (QED) is 0.254. The van der Waals surface area contributed by atoms with E-state index in [9.17, 15) is 29.7 Å². The van der Waals surface area contributed by atoms with E-state index in [0.717, 1.165) is 0 Å². The molecule has 44 heavy (non-hydrogen) atoms. The van der Waals surface area contributed by atoms with Crippen molar-refractivity contribution in [3.63, 3.8) is 0 Å². The first-order valence-electron chi connectivity index (χ1n) is 14.1. The van der Waals surface area contributed by atoms with Crippen LogP contribution in [-0.2, 0) is 16.0 Å². The second kappa shape index (κ2) is 11.0. The summed E-state index contributed by atoms with van der Waals surface area (Å²) in [6.07, 6.45) is 0.521. The number of benzene rings is 3. The fraction of sp³-hybridized carbons (Fsp3) is 0.229. The van der Waals surface area contributed by atoms with Gasteiger partial charge in [-0.3, -0.25) is 14.4 Å². The number of carbonyl (C=O) groups excluding carboxylic acids is 3. The summed E-state index contributed by atoms with van der Waals surface area (Å²) >= 11 is 0. The topological polar surface area (TPSA) is 156 Å². The van der Waals surface area contributed by atoms with Crippen molar-refractivity contribution in [3.8, 4) is 40.2 Å². The van der Waals surface area contributed by atoms with Crippen LogP contribution in [0.1, 0.15) is 39.9 Å². The smallest absolute Gasteiger partial charge is 0.255 e. The van der Waals surface area contributed by atoms with Gasteiger partial charge in [0.1, 0.15) is 34.3 Å². The fourth-order valence-corrected chi connectivity index (χ4v) is 6.62. The van der Waals surface area contributed by atoms with Gasteiger partial charge in [-0.15, -0.1) is 0 Å². The highest BCUT2D eigenvalue weighted by molar-refractivity contribution is 6.22. The van der Waals surface area contributed by atoms with E-state index < -0.39 is 52.3 Å². The summed E-state index contributed by atoms with van der Waals surface area (Å²) in [5.41, 5.74) is 7.58. The Hall–Kier alpha value is -5.49. The van der Waals surface area contributed by atoms with Crippen LogP contribution >= 0.6 is 0 Å². The number of allylic oxidation sites excluding steroid dienone is 3. The molecule has 9 nitrogen and oxygen atoms in total. The monoisotopic (exact) mass is 591 g/mol. The van der Waals surface area contributed by atoms with Gasteiger partial charge in [0.15, 0.2) is 11.6 Å². The Morgan fingerprint density at radius 3 is 2.16 bits per heavy atom. The van der Waals surface area contributed by atoms with E-state index in [1.54, 1.807) is 56.7 Å². The number of fused-ring (bicyclic) bond motifs is 3. The van der Waals surface area contributed by atoms with Gasteiger partial charge in [0.05, 0.1) is 25.7 Å². The highest BCUT2D eigenvalue weighted by atomic mass is 16.5. The maximum atomic E-state index is 14.2. The third-order valence-corrected chi connectivity index (χ3v) is 8.72. The molecule has 0 heterocycles. The summed E-state index contributed by atoms with van der Waals surface area (Å²) in [4.78, 5) is 39.3. The standard InChI is InChI=1S/C35H29NO8/c1-43-22-9-4-17(5-10-22)3-6-19-14-25(18-7-11-23(44-2)12-8-18)31(38)29-24(19)15-20-13-21-16-26(37)30(35(36)42)34(41)28(21)32(39)27(20)33(29)40/h4-5,7-12,14,20-21,28,37-39H,13,15-16H2,1-2H3,(H2,36,42). The predicted octanol–water partition coefficient (Wildman–Crippen LogP) is 4.55. The van der Waals surface area contributed by atoms with E-state index in [1.807, 2.05) is 12.1 Å². The van der Waals surface area contributed by atoms with Gasteiger partial charge in [0.2, 0.25) is 0 Å². The van der Waals surface area contributed by atoms with Crippen molar-refractivity contribution in [1.29, 1.82) is 0 Å². The lowest BCUT2D eigenvalue weighted by molar-refractivity contribution is -0.126. The highest BCUT2D eigenvalue weighted by Gasteiger charge is 2.50. The lowest BCUT2D eigenvalue weighted by atomic mass is 9.62. The molecule has 3 atom stereocenters. The number of methoxy groups -OCH3 is 2. The number of ether oxygens (including phenoxy) is 2. The molecule has 0 radical (unpaired) electrons. The van der Waals surface area contributed by atoms with Crippen molar-refractivity contribution in [2.24, 2.45) is 23.5 Å². The average molecular weight is 592 g/mol. The number of aliphatic hydroxyl groups is 2. The first-order valence-corrected chi connectivity index (χ1v) is 14.1. The number of rotatable bonds is 4. The number of hydrogen-bond acceptors (Lipinski definition) is 8. The van der Waals surface area contributed by atoms with E-state index >= 15 is 0 Å². The summed E-state index contributed by atoms with van der Waals surface area (Å²) in [5, 5.41) is 33.4. The van der Waals surface area contributed by atoms with Crippen molar-refractivity contribution >= 4 is 17.5 Å². The van der Waals surface area contributed by atoms with Crippen LogP contribution in [0.15, 0.2) is 77.3 Å². The van der Waals surface area contributed by atoms with Gasteiger partial charge in [-0.05, 0) is 78.3 Å². The molecule has 0 aliphatic heterocycles. The molecule has 0 bridgehead atoms. The molecule has 3 aliphatic rings. The molecule has 6 rings (SSSR count). The van der Waals surface area contributed by atoms with Crippen molar-refractivity contribution in [1.82, 2.24) is 0 Å². The van der Waals surface area contributed by atoms with Gasteiger partial charge in [-0.1, -0.05) is 24.0 Å². The molecule has 9 heteroatoms. The van der Waals surface area contributed by atoms with Crippen LogP contribution in [0.2, 0.25) is 0 Å². The number of aliphatic hydroxyl groups excluding tert-OH is 2. The van der Waals surface area contributed by atoms with Crippen LogP contribution in [0.5, 0.6) is 17.2 Å². The Bertz CT molecular complexity index is 1860. The summed E-state index contributed by atoms with van der Waals surface area (Å²) in [7, 11) is 3.12. The Kier molecular flexibility index (Phi) is 7.14. The van der Waals surface area contributed by atoms with Gasteiger partial charge >= 0.3 is 0 Å². The Balaban J connectivity index is 1.51. The van der Waals surface area contributed by atoms with Gasteiger partial charge in [-0.2, -0.15) is 0 Å². The maximum absolute atomic E-state index is 14.2. The lowest BCUT2D eigenvalue weighted by Gasteiger charge is -2.41. The van der Waals surface area contributed by atoms with Crippen LogP contribution in [0, 0.1) is 29.6 Å². The second-order valence-electron chi connectivity index (χ2n) is 11.1. The zero-order valence-corrected chi connectivity index (χ0v) is 24.0. The van der Waals surface area contributed by atoms with Crippen molar-refractivity contribution in [2.45, 2.75) is 19.3 Å². The number of primary amides is 1. The van der Waals surface area contributed by atoms with Crippen molar-refractivity contribution in [3.05, 3.63) is 99.5 Å². The molecule has 3 aromatic rings.